The molecule has 0 fully saturated rings. The monoisotopic (exact) mass is 293 g/mol. The van der Waals surface area contributed by atoms with Gasteiger partial charge in [0, 0.05) is 6.54 Å². The average molecular weight is 293 g/mol. The number of nitrogens with zero attached hydrogens (tertiary/aromatic N) is 1. The Morgan fingerprint density at radius 1 is 1.33 bits per heavy atom. The Kier molecular flexibility index (Phi) is 7.81. The summed E-state index contributed by atoms with van der Waals surface area (Å²) >= 11 is 4.58. The predicted molar refractivity (Wildman–Crippen MR) is 84.2 cm³/mol. The highest BCUT2D eigenvalue weighted by Crippen LogP contribution is 2.43. The van der Waals surface area contributed by atoms with E-state index in [-0.39, 0.29) is 11.4 Å². The number of carbonyl (C=O) groups excluding carboxylic acids is 1. The fourth-order valence-electron chi connectivity index (χ4n) is 1.70. The standard InChI is InChI=1S/C13H28NO2PS/c1-12(2,3)10-13(18,17-6)11(15)16-9-7-8-14(4)5/h17-18H,7-10H2,1-6H3. The number of esters is 1. The van der Waals surface area contributed by atoms with Gasteiger partial charge in [0.1, 0.15) is 4.49 Å². The van der Waals surface area contributed by atoms with Gasteiger partial charge < -0.3 is 9.64 Å². The lowest BCUT2D eigenvalue weighted by molar-refractivity contribution is -0.144. The molecule has 0 saturated heterocycles. The average Bonchev–Trinajstić information content (AvgIpc) is 2.21. The lowest BCUT2D eigenvalue weighted by Crippen LogP contribution is -2.34. The largest absolute Gasteiger partial charge is 0.464 e. The summed E-state index contributed by atoms with van der Waals surface area (Å²) < 4.78 is 4.73. The molecule has 0 aliphatic heterocycles. The molecule has 3 nitrogen and oxygen atoms in total. The van der Waals surface area contributed by atoms with E-state index in [9.17, 15) is 4.79 Å². The van der Waals surface area contributed by atoms with Gasteiger partial charge in [0.15, 0.2) is 0 Å². The fraction of sp³-hybridized carbons (Fsp3) is 0.923. The maximum Gasteiger partial charge on any atom is 0.326 e. The predicted octanol–water partition coefficient (Wildman–Crippen LogP) is 2.85. The van der Waals surface area contributed by atoms with E-state index in [1.165, 1.54) is 0 Å². The molecule has 0 rings (SSSR count). The Hall–Kier alpha value is 0.210. The van der Waals surface area contributed by atoms with Gasteiger partial charge >= 0.3 is 5.97 Å². The zero-order valence-corrected chi connectivity index (χ0v) is 14.4. The SMILES string of the molecule is CPC(S)(CC(C)(C)C)C(=O)OCCCN(C)C. The van der Waals surface area contributed by atoms with Crippen molar-refractivity contribution in [2.75, 3.05) is 33.9 Å². The first kappa shape index (κ1) is 18.2. The van der Waals surface area contributed by atoms with Gasteiger partial charge in [-0.2, -0.15) is 12.6 Å². The van der Waals surface area contributed by atoms with Gasteiger partial charge in [-0.05, 0) is 39.0 Å². The van der Waals surface area contributed by atoms with Crippen LogP contribution in [0, 0.1) is 5.41 Å². The first-order chi connectivity index (χ1) is 8.10. The Morgan fingerprint density at radius 2 is 1.89 bits per heavy atom. The minimum Gasteiger partial charge on any atom is -0.464 e. The van der Waals surface area contributed by atoms with Gasteiger partial charge in [-0.15, -0.1) is 0 Å². The van der Waals surface area contributed by atoms with Crippen LogP contribution in [0.1, 0.15) is 33.6 Å². The Bertz CT molecular complexity index is 266. The van der Waals surface area contributed by atoms with Gasteiger partial charge in [0.2, 0.25) is 0 Å². The second kappa shape index (κ2) is 7.72. The first-order valence-electron chi connectivity index (χ1n) is 6.34. The third kappa shape index (κ3) is 7.60. The second-order valence-corrected chi connectivity index (χ2v) is 8.68. The summed E-state index contributed by atoms with van der Waals surface area (Å²) in [6.45, 7) is 9.79. The van der Waals surface area contributed by atoms with Crippen molar-refractivity contribution in [3.8, 4) is 0 Å². The molecule has 2 unspecified atom stereocenters. The summed E-state index contributed by atoms with van der Waals surface area (Å²) in [7, 11) is 4.47. The van der Waals surface area contributed by atoms with Crippen LogP contribution in [0.5, 0.6) is 0 Å². The van der Waals surface area contributed by atoms with E-state index in [1.807, 2.05) is 20.8 Å². The number of carbonyl (C=O) groups is 1. The molecule has 0 aromatic carbocycles. The van der Waals surface area contributed by atoms with Crippen molar-refractivity contribution in [3.05, 3.63) is 0 Å². The molecule has 0 aromatic rings. The second-order valence-electron chi connectivity index (χ2n) is 6.14. The highest BCUT2D eigenvalue weighted by Gasteiger charge is 2.38. The maximum absolute atomic E-state index is 12.1. The van der Waals surface area contributed by atoms with Gasteiger partial charge in [0.25, 0.3) is 0 Å². The number of ether oxygens (including phenoxy) is 1. The zero-order chi connectivity index (χ0) is 14.4. The quantitative estimate of drug-likeness (QED) is 0.339. The van der Waals surface area contributed by atoms with Gasteiger partial charge in [-0.25, -0.2) is 0 Å². The van der Waals surface area contributed by atoms with Crippen LogP contribution in [0.3, 0.4) is 0 Å². The van der Waals surface area contributed by atoms with E-state index in [0.717, 1.165) is 19.4 Å². The maximum atomic E-state index is 12.1. The Morgan fingerprint density at radius 3 is 2.28 bits per heavy atom. The number of rotatable bonds is 7. The number of hydrogen-bond donors (Lipinski definition) is 1. The normalized spacial score (nSPS) is 16.2. The summed E-state index contributed by atoms with van der Waals surface area (Å²) in [6, 6.07) is 0. The van der Waals surface area contributed by atoms with E-state index >= 15 is 0 Å². The van der Waals surface area contributed by atoms with E-state index in [4.69, 9.17) is 4.74 Å². The van der Waals surface area contributed by atoms with E-state index < -0.39 is 4.49 Å². The van der Waals surface area contributed by atoms with Crippen molar-refractivity contribution < 1.29 is 9.53 Å². The molecule has 0 aliphatic carbocycles. The van der Waals surface area contributed by atoms with Crippen molar-refractivity contribution in [3.63, 3.8) is 0 Å². The van der Waals surface area contributed by atoms with Gasteiger partial charge in [-0.1, -0.05) is 29.4 Å². The molecule has 0 heterocycles. The molecule has 18 heavy (non-hydrogen) atoms. The molecule has 108 valence electrons. The summed E-state index contributed by atoms with van der Waals surface area (Å²) in [5, 5.41) is 0. The molecular weight excluding hydrogens is 265 g/mol. The first-order valence-corrected chi connectivity index (χ1v) is 8.29. The minimum absolute atomic E-state index is 0.0768. The lowest BCUT2D eigenvalue weighted by atomic mass is 9.90. The van der Waals surface area contributed by atoms with Crippen molar-refractivity contribution in [2.45, 2.75) is 38.1 Å². The smallest absolute Gasteiger partial charge is 0.326 e. The zero-order valence-electron chi connectivity index (χ0n) is 12.5. The van der Waals surface area contributed by atoms with Crippen LogP contribution in [-0.2, 0) is 9.53 Å². The lowest BCUT2D eigenvalue weighted by Gasteiger charge is -2.31. The topological polar surface area (TPSA) is 29.5 Å². The number of thiol groups is 1. The molecule has 0 radical (unpaired) electrons. The molecule has 0 aromatic heterocycles. The molecule has 0 saturated carbocycles. The van der Waals surface area contributed by atoms with Crippen molar-refractivity contribution in [1.82, 2.24) is 4.90 Å². The summed E-state index contributed by atoms with van der Waals surface area (Å²) in [5.74, 6) is -0.166. The molecule has 0 N–H and O–H groups in total. The van der Waals surface area contributed by atoms with Crippen LogP contribution in [0.15, 0.2) is 0 Å². The van der Waals surface area contributed by atoms with Crippen molar-refractivity contribution in [1.29, 1.82) is 0 Å². The van der Waals surface area contributed by atoms with E-state index in [0.29, 0.717) is 15.2 Å². The fourth-order valence-corrected chi connectivity index (χ4v) is 3.22. The summed E-state index contributed by atoms with van der Waals surface area (Å²) in [6.07, 6.45) is 1.61. The minimum atomic E-state index is -0.629. The Balaban J connectivity index is 4.26. The molecular formula is C13H28NO2PS. The van der Waals surface area contributed by atoms with Crippen molar-refractivity contribution in [2.24, 2.45) is 5.41 Å². The van der Waals surface area contributed by atoms with Crippen LogP contribution in [0.4, 0.5) is 0 Å². The molecule has 0 amide bonds. The van der Waals surface area contributed by atoms with Gasteiger partial charge in [-0.3, -0.25) is 4.79 Å². The van der Waals surface area contributed by atoms with Crippen LogP contribution in [-0.4, -0.2) is 49.3 Å². The van der Waals surface area contributed by atoms with Crippen LogP contribution in [0.2, 0.25) is 0 Å². The molecule has 5 heteroatoms. The highest BCUT2D eigenvalue weighted by molar-refractivity contribution is 7.89. The van der Waals surface area contributed by atoms with Crippen LogP contribution >= 0.6 is 21.2 Å². The van der Waals surface area contributed by atoms with Crippen LogP contribution in [0.25, 0.3) is 0 Å². The molecule has 0 spiro atoms. The van der Waals surface area contributed by atoms with Crippen molar-refractivity contribution >= 4 is 27.2 Å². The third-order valence-corrected chi connectivity index (χ3v) is 4.74. The highest BCUT2D eigenvalue weighted by atomic mass is 32.1. The molecule has 0 aliphatic rings. The molecule has 2 atom stereocenters. The van der Waals surface area contributed by atoms with E-state index in [2.05, 4.69) is 38.3 Å². The summed E-state index contributed by atoms with van der Waals surface area (Å²) in [5.41, 5.74) is 0.0768. The third-order valence-electron chi connectivity index (χ3n) is 2.52. The van der Waals surface area contributed by atoms with E-state index in [1.54, 1.807) is 0 Å². The number of hydrogen-bond acceptors (Lipinski definition) is 4. The Labute approximate surface area is 119 Å². The van der Waals surface area contributed by atoms with Crippen LogP contribution < -0.4 is 0 Å². The summed E-state index contributed by atoms with van der Waals surface area (Å²) in [4.78, 5) is 14.2. The van der Waals surface area contributed by atoms with Gasteiger partial charge in [0.05, 0.1) is 6.61 Å². The molecule has 0 bridgehead atoms.